The number of hydrogen-bond acceptors (Lipinski definition) is 2. The van der Waals surface area contributed by atoms with Crippen LogP contribution in [0.3, 0.4) is 0 Å². The lowest BCUT2D eigenvalue weighted by atomic mass is 9.89. The van der Waals surface area contributed by atoms with E-state index in [2.05, 4.69) is 60.7 Å². The Kier molecular flexibility index (Phi) is 4.55. The van der Waals surface area contributed by atoms with E-state index in [0.29, 0.717) is 6.04 Å². The number of hydrogen-bond donors (Lipinski definition) is 0. The SMILES string of the molecule is c1ccc(P(OC2CCC3=N[C@H]2CCC3)c2ccccc2)cc1. The Labute approximate surface area is 139 Å². The quantitative estimate of drug-likeness (QED) is 0.773. The monoisotopic (exact) mass is 323 g/mol. The largest absolute Gasteiger partial charge is 0.344 e. The second kappa shape index (κ2) is 6.95. The summed E-state index contributed by atoms with van der Waals surface area (Å²) in [5.41, 5.74) is 1.42. The Balaban J connectivity index is 1.61. The van der Waals surface area contributed by atoms with E-state index in [-0.39, 0.29) is 6.10 Å². The Hall–Kier alpha value is -1.50. The van der Waals surface area contributed by atoms with Crippen molar-refractivity contribution in [2.75, 3.05) is 0 Å². The molecule has 118 valence electrons. The third-order valence-corrected chi connectivity index (χ3v) is 6.70. The van der Waals surface area contributed by atoms with Gasteiger partial charge in [0.05, 0.1) is 20.3 Å². The molecule has 0 spiro atoms. The number of nitrogens with zero attached hydrogens (tertiary/aromatic N) is 1. The van der Waals surface area contributed by atoms with Gasteiger partial charge in [-0.05, 0) is 32.1 Å². The summed E-state index contributed by atoms with van der Waals surface area (Å²) in [6, 6.07) is 21.7. The summed E-state index contributed by atoms with van der Waals surface area (Å²) in [6.45, 7) is 0. The second-order valence-corrected chi connectivity index (χ2v) is 8.14. The van der Waals surface area contributed by atoms with E-state index in [4.69, 9.17) is 9.52 Å². The van der Waals surface area contributed by atoms with Crippen molar-refractivity contribution >= 4 is 24.5 Å². The normalized spacial score (nSPS) is 23.6. The zero-order valence-electron chi connectivity index (χ0n) is 13.3. The molecule has 2 atom stereocenters. The van der Waals surface area contributed by atoms with Crippen LogP contribution >= 0.6 is 8.15 Å². The minimum absolute atomic E-state index is 0.269. The summed E-state index contributed by atoms with van der Waals surface area (Å²) in [7, 11) is -0.766. The van der Waals surface area contributed by atoms with Crippen molar-refractivity contribution in [3.05, 3.63) is 60.7 Å². The molecule has 0 saturated heterocycles. The molecule has 2 bridgehead atoms. The summed E-state index contributed by atoms with van der Waals surface area (Å²) in [5, 5.41) is 2.58. The van der Waals surface area contributed by atoms with Gasteiger partial charge in [0.25, 0.3) is 0 Å². The first kappa shape index (κ1) is 15.1. The molecule has 0 N–H and O–H groups in total. The summed E-state index contributed by atoms with van der Waals surface area (Å²) >= 11 is 0. The lowest BCUT2D eigenvalue weighted by Gasteiger charge is -2.35. The maximum Gasteiger partial charge on any atom is 0.0922 e. The average Bonchev–Trinajstić information content (AvgIpc) is 2.63. The molecule has 0 radical (unpaired) electrons. The molecule has 0 aromatic heterocycles. The molecule has 0 saturated carbocycles. The maximum absolute atomic E-state index is 6.71. The van der Waals surface area contributed by atoms with Crippen LogP contribution in [0, 0.1) is 0 Å². The van der Waals surface area contributed by atoms with Gasteiger partial charge in [-0.3, -0.25) is 4.99 Å². The molecule has 2 nitrogen and oxygen atoms in total. The van der Waals surface area contributed by atoms with E-state index in [1.54, 1.807) is 0 Å². The summed E-state index contributed by atoms with van der Waals surface area (Å²) < 4.78 is 6.71. The molecule has 2 heterocycles. The van der Waals surface area contributed by atoms with Gasteiger partial charge < -0.3 is 4.52 Å². The molecular formula is C20H22NOP. The predicted molar refractivity (Wildman–Crippen MR) is 98.3 cm³/mol. The van der Waals surface area contributed by atoms with Gasteiger partial charge in [0.15, 0.2) is 0 Å². The van der Waals surface area contributed by atoms with Gasteiger partial charge in [0.2, 0.25) is 0 Å². The highest BCUT2D eigenvalue weighted by atomic mass is 31.1. The molecule has 4 rings (SSSR count). The molecule has 2 aliphatic rings. The van der Waals surface area contributed by atoms with Crippen LogP contribution in [0.2, 0.25) is 0 Å². The molecule has 0 amide bonds. The van der Waals surface area contributed by atoms with Crippen LogP contribution in [-0.2, 0) is 4.52 Å². The van der Waals surface area contributed by atoms with Gasteiger partial charge in [0, 0.05) is 16.3 Å². The third-order valence-electron chi connectivity index (χ3n) is 4.68. The first-order valence-electron chi connectivity index (χ1n) is 8.53. The highest BCUT2D eigenvalue weighted by Gasteiger charge is 2.32. The Morgan fingerprint density at radius 3 is 2.13 bits per heavy atom. The van der Waals surface area contributed by atoms with Crippen LogP contribution in [0.5, 0.6) is 0 Å². The van der Waals surface area contributed by atoms with Crippen LogP contribution < -0.4 is 10.6 Å². The molecule has 0 fully saturated rings. The van der Waals surface area contributed by atoms with Crippen LogP contribution in [0.4, 0.5) is 0 Å². The lowest BCUT2D eigenvalue weighted by Crippen LogP contribution is -2.36. The van der Waals surface area contributed by atoms with E-state index in [1.807, 2.05) is 0 Å². The Morgan fingerprint density at radius 1 is 0.826 bits per heavy atom. The summed E-state index contributed by atoms with van der Waals surface area (Å²) in [6.07, 6.45) is 6.18. The third kappa shape index (κ3) is 3.39. The van der Waals surface area contributed by atoms with Crippen molar-refractivity contribution in [2.24, 2.45) is 4.99 Å². The first-order chi connectivity index (χ1) is 11.4. The van der Waals surface area contributed by atoms with Crippen molar-refractivity contribution in [1.82, 2.24) is 0 Å². The topological polar surface area (TPSA) is 21.6 Å². The predicted octanol–water partition coefficient (Wildman–Crippen LogP) is 4.21. The van der Waals surface area contributed by atoms with Crippen molar-refractivity contribution in [3.63, 3.8) is 0 Å². The molecule has 23 heavy (non-hydrogen) atoms. The fourth-order valence-electron chi connectivity index (χ4n) is 3.49. The number of aliphatic imine (C=N–C) groups is 1. The minimum atomic E-state index is -0.766. The van der Waals surface area contributed by atoms with Gasteiger partial charge in [0.1, 0.15) is 0 Å². The fraction of sp³-hybridized carbons (Fsp3) is 0.350. The van der Waals surface area contributed by atoms with Gasteiger partial charge >= 0.3 is 0 Å². The number of fused-ring (bicyclic) bond motifs is 1. The van der Waals surface area contributed by atoms with Crippen molar-refractivity contribution in [2.45, 2.75) is 44.2 Å². The molecule has 2 aliphatic heterocycles. The number of rotatable bonds is 4. The van der Waals surface area contributed by atoms with Crippen LogP contribution in [0.25, 0.3) is 0 Å². The molecule has 1 unspecified atom stereocenters. The lowest BCUT2D eigenvalue weighted by molar-refractivity contribution is 0.169. The van der Waals surface area contributed by atoms with Gasteiger partial charge in [-0.2, -0.15) is 0 Å². The zero-order valence-corrected chi connectivity index (χ0v) is 14.2. The van der Waals surface area contributed by atoms with E-state index >= 15 is 0 Å². The molecule has 3 heteroatoms. The van der Waals surface area contributed by atoms with Crippen molar-refractivity contribution < 1.29 is 4.52 Å². The van der Waals surface area contributed by atoms with E-state index < -0.39 is 8.15 Å². The zero-order chi connectivity index (χ0) is 15.5. The Morgan fingerprint density at radius 2 is 1.48 bits per heavy atom. The summed E-state index contributed by atoms with van der Waals surface area (Å²) in [5.74, 6) is 0. The van der Waals surface area contributed by atoms with E-state index in [9.17, 15) is 0 Å². The average molecular weight is 323 g/mol. The molecule has 2 aromatic rings. The van der Waals surface area contributed by atoms with Gasteiger partial charge in [-0.1, -0.05) is 60.7 Å². The fourth-order valence-corrected chi connectivity index (χ4v) is 5.44. The smallest absolute Gasteiger partial charge is 0.0922 e. The molecule has 0 aliphatic carbocycles. The molecular weight excluding hydrogens is 301 g/mol. The van der Waals surface area contributed by atoms with Gasteiger partial charge in [-0.25, -0.2) is 0 Å². The van der Waals surface area contributed by atoms with Crippen LogP contribution in [0.1, 0.15) is 32.1 Å². The second-order valence-electron chi connectivity index (χ2n) is 6.30. The first-order valence-corrected chi connectivity index (χ1v) is 9.79. The Bertz CT molecular complexity index is 631. The van der Waals surface area contributed by atoms with Crippen molar-refractivity contribution in [3.8, 4) is 0 Å². The number of benzene rings is 2. The van der Waals surface area contributed by atoms with Crippen LogP contribution in [-0.4, -0.2) is 17.9 Å². The van der Waals surface area contributed by atoms with E-state index in [0.717, 1.165) is 12.8 Å². The molecule has 2 aromatic carbocycles. The summed E-state index contributed by atoms with van der Waals surface area (Å²) in [4.78, 5) is 4.91. The van der Waals surface area contributed by atoms with Crippen molar-refractivity contribution in [1.29, 1.82) is 0 Å². The van der Waals surface area contributed by atoms with Crippen LogP contribution in [0.15, 0.2) is 65.7 Å². The minimum Gasteiger partial charge on any atom is -0.344 e. The maximum atomic E-state index is 6.71. The van der Waals surface area contributed by atoms with Gasteiger partial charge in [-0.15, -0.1) is 0 Å². The highest BCUT2D eigenvalue weighted by Crippen LogP contribution is 2.41. The standard InChI is InChI=1S/C20H22NOP/c1-3-9-17(10-4-1)23(18-11-5-2-6-12-18)22-20-15-14-16-8-7-13-19(20)21-16/h1-6,9-12,19-20H,7-8,13-15H2/t19-,20?/m0/s1. The highest BCUT2D eigenvalue weighted by molar-refractivity contribution is 7.68. The van der Waals surface area contributed by atoms with E-state index in [1.165, 1.54) is 35.6 Å².